The van der Waals surface area contributed by atoms with E-state index in [1.165, 1.54) is 180 Å². The van der Waals surface area contributed by atoms with Crippen LogP contribution in [0.1, 0.15) is 285 Å². The van der Waals surface area contributed by atoms with Crippen LogP contribution in [0.25, 0.3) is 0 Å². The lowest BCUT2D eigenvalue weighted by atomic mass is 10.0. The molecule has 0 heterocycles. The van der Waals surface area contributed by atoms with Gasteiger partial charge >= 0.3 is 17.9 Å². The summed E-state index contributed by atoms with van der Waals surface area (Å²) >= 11 is 0. The Kier molecular flexibility index (Phi) is 44.2. The molecule has 0 aliphatic rings. The van der Waals surface area contributed by atoms with Crippen molar-refractivity contribution in [3.05, 3.63) is 0 Å². The third-order valence-corrected chi connectivity index (χ3v) is 11.5. The molecule has 1 atom stereocenters. The molecule has 0 aromatic rings. The van der Waals surface area contributed by atoms with Gasteiger partial charge in [-0.2, -0.15) is 0 Å². The Morgan fingerprint density at radius 3 is 0.860 bits per heavy atom. The second-order valence-electron chi connectivity index (χ2n) is 17.9. The number of carbonyl (C=O) groups excluding carboxylic acids is 3. The number of carbonyl (C=O) groups is 3. The molecule has 0 amide bonds. The average Bonchev–Trinajstić information content (AvgIpc) is 3.19. The highest BCUT2D eigenvalue weighted by molar-refractivity contribution is 5.71. The lowest BCUT2D eigenvalue weighted by Crippen LogP contribution is -2.30. The molecule has 338 valence electrons. The summed E-state index contributed by atoms with van der Waals surface area (Å²) in [6.45, 7) is 9.01. The normalized spacial score (nSPS) is 11.9. The molecule has 6 nitrogen and oxygen atoms in total. The molecule has 0 aromatic carbocycles. The van der Waals surface area contributed by atoms with E-state index >= 15 is 0 Å². The fourth-order valence-corrected chi connectivity index (χ4v) is 7.69. The molecule has 0 N–H and O–H groups in total. The van der Waals surface area contributed by atoms with Gasteiger partial charge in [0, 0.05) is 19.3 Å². The Hall–Kier alpha value is -1.59. The first-order valence-corrected chi connectivity index (χ1v) is 25.4. The minimum Gasteiger partial charge on any atom is -0.462 e. The molecule has 0 saturated carbocycles. The van der Waals surface area contributed by atoms with Crippen molar-refractivity contribution in [2.45, 2.75) is 291 Å². The molecule has 57 heavy (non-hydrogen) atoms. The average molecular weight is 807 g/mol. The third kappa shape index (κ3) is 45.3. The van der Waals surface area contributed by atoms with Gasteiger partial charge in [0.2, 0.25) is 0 Å². The molecule has 0 saturated heterocycles. The summed E-state index contributed by atoms with van der Waals surface area (Å²) in [7, 11) is 0. The number of unbranched alkanes of at least 4 members (excludes halogenated alkanes) is 33. The fourth-order valence-electron chi connectivity index (χ4n) is 7.69. The van der Waals surface area contributed by atoms with Crippen LogP contribution in [0.3, 0.4) is 0 Å². The van der Waals surface area contributed by atoms with E-state index in [1.807, 2.05) is 0 Å². The highest BCUT2D eigenvalue weighted by Gasteiger charge is 2.19. The van der Waals surface area contributed by atoms with Crippen molar-refractivity contribution in [1.29, 1.82) is 0 Å². The van der Waals surface area contributed by atoms with Crippen molar-refractivity contribution >= 4 is 17.9 Å². The SMILES string of the molecule is CCCCCCCCCCCCCCCCC(=O)O[C@@H](COC(=O)CCCCCCCCCCCCC)COC(=O)CCCCCCCCCCCCCC(C)C. The maximum atomic E-state index is 12.8. The van der Waals surface area contributed by atoms with Crippen molar-refractivity contribution in [2.75, 3.05) is 13.2 Å². The second kappa shape index (κ2) is 45.5. The van der Waals surface area contributed by atoms with Crippen molar-refractivity contribution in [3.63, 3.8) is 0 Å². The van der Waals surface area contributed by atoms with Gasteiger partial charge in [-0.05, 0) is 25.2 Å². The van der Waals surface area contributed by atoms with E-state index < -0.39 is 6.10 Å². The maximum absolute atomic E-state index is 12.8. The van der Waals surface area contributed by atoms with E-state index in [-0.39, 0.29) is 31.1 Å². The van der Waals surface area contributed by atoms with Crippen LogP contribution in [0.2, 0.25) is 0 Å². The summed E-state index contributed by atoms with van der Waals surface area (Å²) in [6.07, 6.45) is 46.5. The minimum absolute atomic E-state index is 0.0629. The van der Waals surface area contributed by atoms with Crippen molar-refractivity contribution < 1.29 is 28.6 Å². The molecule has 0 fully saturated rings. The molecule has 0 radical (unpaired) electrons. The topological polar surface area (TPSA) is 78.9 Å². The molecule has 0 aliphatic heterocycles. The molecule has 0 aromatic heterocycles. The number of esters is 3. The highest BCUT2D eigenvalue weighted by atomic mass is 16.6. The smallest absolute Gasteiger partial charge is 0.306 e. The van der Waals surface area contributed by atoms with Crippen LogP contribution < -0.4 is 0 Å². The quantitative estimate of drug-likeness (QED) is 0.0346. The van der Waals surface area contributed by atoms with Gasteiger partial charge in [-0.1, -0.05) is 246 Å². The second-order valence-corrected chi connectivity index (χ2v) is 17.9. The molecular formula is C51H98O6. The van der Waals surface area contributed by atoms with E-state index in [9.17, 15) is 14.4 Å². The Balaban J connectivity index is 4.31. The lowest BCUT2D eigenvalue weighted by Gasteiger charge is -2.18. The molecule has 0 rings (SSSR count). The Morgan fingerprint density at radius 1 is 0.333 bits per heavy atom. The largest absolute Gasteiger partial charge is 0.462 e. The van der Waals surface area contributed by atoms with Gasteiger partial charge < -0.3 is 14.2 Å². The van der Waals surface area contributed by atoms with Gasteiger partial charge in [0.1, 0.15) is 13.2 Å². The van der Waals surface area contributed by atoms with Gasteiger partial charge in [-0.15, -0.1) is 0 Å². The minimum atomic E-state index is -0.760. The maximum Gasteiger partial charge on any atom is 0.306 e. The predicted octanol–water partition coefficient (Wildman–Crippen LogP) is 16.3. The summed E-state index contributed by atoms with van der Waals surface area (Å²) in [5, 5.41) is 0. The van der Waals surface area contributed by atoms with E-state index in [1.54, 1.807) is 0 Å². The fraction of sp³-hybridized carbons (Fsp3) is 0.941. The molecule has 0 aliphatic carbocycles. The third-order valence-electron chi connectivity index (χ3n) is 11.5. The van der Waals surface area contributed by atoms with Gasteiger partial charge in [-0.25, -0.2) is 0 Å². The monoisotopic (exact) mass is 807 g/mol. The van der Waals surface area contributed by atoms with E-state index in [0.29, 0.717) is 19.3 Å². The first kappa shape index (κ1) is 55.4. The summed E-state index contributed by atoms with van der Waals surface area (Å²) in [6, 6.07) is 0. The number of hydrogen-bond donors (Lipinski definition) is 0. The summed E-state index contributed by atoms with van der Waals surface area (Å²) in [4.78, 5) is 37.9. The van der Waals surface area contributed by atoms with Crippen LogP contribution in [-0.2, 0) is 28.6 Å². The van der Waals surface area contributed by atoms with Gasteiger partial charge in [-0.3, -0.25) is 14.4 Å². The van der Waals surface area contributed by atoms with Crippen LogP contribution >= 0.6 is 0 Å². The Labute approximate surface area is 355 Å². The van der Waals surface area contributed by atoms with Crippen LogP contribution in [0.5, 0.6) is 0 Å². The first-order chi connectivity index (χ1) is 27.9. The molecule has 0 unspecified atom stereocenters. The standard InChI is InChI=1S/C51H98O6/c1-5-7-9-11-13-15-17-18-19-23-28-32-36-40-44-51(54)57-48(45-55-49(52)42-38-34-30-26-21-16-14-12-10-8-6-2)46-56-50(53)43-39-35-31-27-24-20-22-25-29-33-37-41-47(3)4/h47-48H,5-46H2,1-4H3/t48-/m0/s1. The molecule has 6 heteroatoms. The van der Waals surface area contributed by atoms with Crippen LogP contribution in [0.4, 0.5) is 0 Å². The van der Waals surface area contributed by atoms with Crippen LogP contribution in [-0.4, -0.2) is 37.2 Å². The van der Waals surface area contributed by atoms with E-state index in [0.717, 1.165) is 63.7 Å². The van der Waals surface area contributed by atoms with Crippen LogP contribution in [0.15, 0.2) is 0 Å². The number of rotatable bonds is 46. The van der Waals surface area contributed by atoms with E-state index in [4.69, 9.17) is 14.2 Å². The summed E-state index contributed by atoms with van der Waals surface area (Å²) in [5.74, 6) is -0.0192. The van der Waals surface area contributed by atoms with Gasteiger partial charge in [0.25, 0.3) is 0 Å². The van der Waals surface area contributed by atoms with Crippen molar-refractivity contribution in [2.24, 2.45) is 5.92 Å². The molecule has 0 spiro atoms. The van der Waals surface area contributed by atoms with Gasteiger partial charge in [0.05, 0.1) is 0 Å². The molecule has 0 bridgehead atoms. The number of hydrogen-bond acceptors (Lipinski definition) is 6. The summed E-state index contributed by atoms with van der Waals surface area (Å²) < 4.78 is 16.8. The Bertz CT molecular complexity index is 857. The summed E-state index contributed by atoms with van der Waals surface area (Å²) in [5.41, 5.74) is 0. The first-order valence-electron chi connectivity index (χ1n) is 25.4. The zero-order chi connectivity index (χ0) is 41.7. The highest BCUT2D eigenvalue weighted by Crippen LogP contribution is 2.17. The lowest BCUT2D eigenvalue weighted by molar-refractivity contribution is -0.167. The predicted molar refractivity (Wildman–Crippen MR) is 243 cm³/mol. The van der Waals surface area contributed by atoms with Crippen molar-refractivity contribution in [3.8, 4) is 0 Å². The Morgan fingerprint density at radius 2 is 0.579 bits per heavy atom. The zero-order valence-corrected chi connectivity index (χ0v) is 38.8. The number of ether oxygens (including phenoxy) is 3. The zero-order valence-electron chi connectivity index (χ0n) is 38.8. The van der Waals surface area contributed by atoms with E-state index in [2.05, 4.69) is 27.7 Å². The molecular weight excluding hydrogens is 709 g/mol. The van der Waals surface area contributed by atoms with Crippen molar-refractivity contribution in [1.82, 2.24) is 0 Å². The van der Waals surface area contributed by atoms with Crippen LogP contribution in [0, 0.1) is 5.92 Å². The van der Waals surface area contributed by atoms with Gasteiger partial charge in [0.15, 0.2) is 6.10 Å².